The molecular formula is C16H16Cl2N2O. The molecule has 21 heavy (non-hydrogen) atoms. The van der Waals surface area contributed by atoms with E-state index in [0.717, 1.165) is 16.8 Å². The lowest BCUT2D eigenvalue weighted by Gasteiger charge is -2.11. The van der Waals surface area contributed by atoms with Crippen LogP contribution in [0.15, 0.2) is 36.4 Å². The second kappa shape index (κ2) is 6.83. The zero-order valence-electron chi connectivity index (χ0n) is 11.8. The number of carbonyl (C=O) groups is 1. The fraction of sp³-hybridized carbons (Fsp3) is 0.188. The van der Waals surface area contributed by atoms with E-state index in [4.69, 9.17) is 23.2 Å². The van der Waals surface area contributed by atoms with Crippen molar-refractivity contribution in [2.45, 2.75) is 13.8 Å². The molecule has 110 valence electrons. The van der Waals surface area contributed by atoms with Crippen molar-refractivity contribution in [3.05, 3.63) is 57.6 Å². The summed E-state index contributed by atoms with van der Waals surface area (Å²) in [6.45, 7) is 4.06. The van der Waals surface area contributed by atoms with Crippen molar-refractivity contribution >= 4 is 40.5 Å². The summed E-state index contributed by atoms with van der Waals surface area (Å²) in [6.07, 6.45) is 0. The third kappa shape index (κ3) is 4.38. The van der Waals surface area contributed by atoms with Crippen LogP contribution < -0.4 is 10.6 Å². The van der Waals surface area contributed by atoms with Crippen molar-refractivity contribution in [2.75, 3.05) is 17.2 Å². The van der Waals surface area contributed by atoms with Crippen molar-refractivity contribution in [3.63, 3.8) is 0 Å². The van der Waals surface area contributed by atoms with Crippen molar-refractivity contribution in [2.24, 2.45) is 0 Å². The predicted molar refractivity (Wildman–Crippen MR) is 89.5 cm³/mol. The first-order chi connectivity index (χ1) is 9.95. The first kappa shape index (κ1) is 15.7. The molecule has 2 N–H and O–H groups in total. The SMILES string of the molecule is Cc1ccc(C)c(NC(=O)CNc2cc(Cl)ccc2Cl)c1. The summed E-state index contributed by atoms with van der Waals surface area (Å²) in [7, 11) is 0. The summed E-state index contributed by atoms with van der Waals surface area (Å²) >= 11 is 11.9. The highest BCUT2D eigenvalue weighted by Gasteiger charge is 2.07. The molecule has 5 heteroatoms. The van der Waals surface area contributed by atoms with E-state index in [1.807, 2.05) is 32.0 Å². The quantitative estimate of drug-likeness (QED) is 0.859. The summed E-state index contributed by atoms with van der Waals surface area (Å²) in [5, 5.41) is 6.95. The van der Waals surface area contributed by atoms with Gasteiger partial charge in [-0.3, -0.25) is 4.79 Å². The number of benzene rings is 2. The highest BCUT2D eigenvalue weighted by Crippen LogP contribution is 2.25. The van der Waals surface area contributed by atoms with Crippen LogP contribution in [0, 0.1) is 13.8 Å². The molecule has 0 aliphatic carbocycles. The van der Waals surface area contributed by atoms with Gasteiger partial charge in [0.1, 0.15) is 0 Å². The fourth-order valence-electron chi connectivity index (χ4n) is 1.87. The Balaban J connectivity index is 1.99. The molecule has 0 aromatic heterocycles. The number of aryl methyl sites for hydroxylation is 2. The molecule has 2 rings (SSSR count). The molecule has 2 aromatic rings. The molecule has 0 heterocycles. The maximum atomic E-state index is 12.0. The predicted octanol–water partition coefficient (Wildman–Crippen LogP) is 4.66. The maximum absolute atomic E-state index is 12.0. The van der Waals surface area contributed by atoms with E-state index in [1.165, 1.54) is 0 Å². The van der Waals surface area contributed by atoms with Gasteiger partial charge in [0.2, 0.25) is 5.91 Å². The molecule has 0 fully saturated rings. The van der Waals surface area contributed by atoms with Gasteiger partial charge in [0.25, 0.3) is 0 Å². The molecule has 0 atom stereocenters. The summed E-state index contributed by atoms with van der Waals surface area (Å²) in [5.74, 6) is -0.139. The van der Waals surface area contributed by atoms with E-state index >= 15 is 0 Å². The summed E-state index contributed by atoms with van der Waals surface area (Å²) in [5.41, 5.74) is 3.58. The van der Waals surface area contributed by atoms with Gasteiger partial charge in [0.05, 0.1) is 17.3 Å². The number of amides is 1. The van der Waals surface area contributed by atoms with Crippen LogP contribution in [0.5, 0.6) is 0 Å². The molecule has 0 unspecified atom stereocenters. The third-order valence-electron chi connectivity index (χ3n) is 3.03. The molecule has 1 amide bonds. The molecule has 0 spiro atoms. The molecule has 0 radical (unpaired) electrons. The van der Waals surface area contributed by atoms with E-state index in [1.54, 1.807) is 18.2 Å². The zero-order valence-corrected chi connectivity index (χ0v) is 13.3. The highest BCUT2D eigenvalue weighted by molar-refractivity contribution is 6.35. The Morgan fingerprint density at radius 3 is 2.57 bits per heavy atom. The van der Waals surface area contributed by atoms with Crippen LogP contribution in [0.4, 0.5) is 11.4 Å². The number of carbonyl (C=O) groups excluding carboxylic acids is 1. The Labute approximate surface area is 134 Å². The molecule has 0 saturated heterocycles. The average Bonchev–Trinajstić information content (AvgIpc) is 2.44. The van der Waals surface area contributed by atoms with Crippen LogP contribution in [-0.2, 0) is 4.79 Å². The Kier molecular flexibility index (Phi) is 5.10. The first-order valence-corrected chi connectivity index (χ1v) is 7.27. The van der Waals surface area contributed by atoms with Crippen LogP contribution in [0.2, 0.25) is 10.0 Å². The minimum atomic E-state index is -0.139. The standard InChI is InChI=1S/C16H16Cl2N2O/c1-10-3-4-11(2)14(7-10)20-16(21)9-19-15-8-12(17)5-6-13(15)18/h3-8,19H,9H2,1-2H3,(H,20,21). The van der Waals surface area contributed by atoms with Crippen LogP contribution in [0.1, 0.15) is 11.1 Å². The topological polar surface area (TPSA) is 41.1 Å². The number of hydrogen-bond acceptors (Lipinski definition) is 2. The Hall–Kier alpha value is -1.71. The first-order valence-electron chi connectivity index (χ1n) is 6.52. The van der Waals surface area contributed by atoms with Gasteiger partial charge in [-0.15, -0.1) is 0 Å². The van der Waals surface area contributed by atoms with Gasteiger partial charge in [-0.25, -0.2) is 0 Å². The van der Waals surface area contributed by atoms with Gasteiger partial charge in [0.15, 0.2) is 0 Å². The van der Waals surface area contributed by atoms with Crippen molar-refractivity contribution < 1.29 is 4.79 Å². The lowest BCUT2D eigenvalue weighted by molar-refractivity contribution is -0.114. The van der Waals surface area contributed by atoms with E-state index in [2.05, 4.69) is 10.6 Å². The van der Waals surface area contributed by atoms with E-state index in [9.17, 15) is 4.79 Å². The Morgan fingerprint density at radius 1 is 1.05 bits per heavy atom. The second-order valence-electron chi connectivity index (χ2n) is 4.84. The number of halogens is 2. The van der Waals surface area contributed by atoms with Crippen molar-refractivity contribution in [3.8, 4) is 0 Å². The van der Waals surface area contributed by atoms with Crippen LogP contribution in [-0.4, -0.2) is 12.5 Å². The summed E-state index contributed by atoms with van der Waals surface area (Å²) < 4.78 is 0. The highest BCUT2D eigenvalue weighted by atomic mass is 35.5. The van der Waals surface area contributed by atoms with Crippen molar-refractivity contribution in [1.29, 1.82) is 0 Å². The molecular weight excluding hydrogens is 307 g/mol. The Bertz CT molecular complexity index is 671. The van der Waals surface area contributed by atoms with Gasteiger partial charge < -0.3 is 10.6 Å². The molecule has 0 saturated carbocycles. The number of nitrogens with one attached hydrogen (secondary N) is 2. The average molecular weight is 323 g/mol. The van der Waals surface area contributed by atoms with Gasteiger partial charge in [0, 0.05) is 10.7 Å². The summed E-state index contributed by atoms with van der Waals surface area (Å²) in [6, 6.07) is 11.0. The number of rotatable bonds is 4. The van der Waals surface area contributed by atoms with Gasteiger partial charge in [-0.2, -0.15) is 0 Å². The fourth-order valence-corrected chi connectivity index (χ4v) is 2.23. The van der Waals surface area contributed by atoms with Crippen molar-refractivity contribution in [1.82, 2.24) is 0 Å². The summed E-state index contributed by atoms with van der Waals surface area (Å²) in [4.78, 5) is 12.0. The second-order valence-corrected chi connectivity index (χ2v) is 5.69. The number of anilines is 2. The molecule has 0 aliphatic heterocycles. The molecule has 2 aromatic carbocycles. The third-order valence-corrected chi connectivity index (χ3v) is 3.60. The van der Waals surface area contributed by atoms with Gasteiger partial charge >= 0.3 is 0 Å². The minimum Gasteiger partial charge on any atom is -0.375 e. The molecule has 3 nitrogen and oxygen atoms in total. The smallest absolute Gasteiger partial charge is 0.243 e. The van der Waals surface area contributed by atoms with E-state index in [0.29, 0.717) is 15.7 Å². The Morgan fingerprint density at radius 2 is 1.81 bits per heavy atom. The molecule has 0 bridgehead atoms. The van der Waals surface area contributed by atoms with Crippen LogP contribution in [0.3, 0.4) is 0 Å². The zero-order chi connectivity index (χ0) is 15.4. The molecule has 0 aliphatic rings. The van der Waals surface area contributed by atoms with Gasteiger partial charge in [-0.1, -0.05) is 35.3 Å². The minimum absolute atomic E-state index is 0.118. The maximum Gasteiger partial charge on any atom is 0.243 e. The lowest BCUT2D eigenvalue weighted by Crippen LogP contribution is -2.22. The van der Waals surface area contributed by atoms with E-state index < -0.39 is 0 Å². The van der Waals surface area contributed by atoms with E-state index in [-0.39, 0.29) is 12.5 Å². The normalized spacial score (nSPS) is 10.3. The van der Waals surface area contributed by atoms with Crippen LogP contribution in [0.25, 0.3) is 0 Å². The monoisotopic (exact) mass is 322 g/mol. The van der Waals surface area contributed by atoms with Gasteiger partial charge in [-0.05, 0) is 49.2 Å². The number of hydrogen-bond donors (Lipinski definition) is 2. The van der Waals surface area contributed by atoms with Crippen LogP contribution >= 0.6 is 23.2 Å². The largest absolute Gasteiger partial charge is 0.375 e. The lowest BCUT2D eigenvalue weighted by atomic mass is 10.1.